The summed E-state index contributed by atoms with van der Waals surface area (Å²) in [5.74, 6) is -1.51. The summed E-state index contributed by atoms with van der Waals surface area (Å²) in [7, 11) is 3.40. The number of hydrogen-bond acceptors (Lipinski definition) is 8. The lowest BCUT2D eigenvalue weighted by atomic mass is 9.93. The van der Waals surface area contributed by atoms with Crippen molar-refractivity contribution in [1.29, 1.82) is 0 Å². The zero-order chi connectivity index (χ0) is 31.3. The normalized spacial score (nSPS) is 29.3. The van der Waals surface area contributed by atoms with Crippen LogP contribution in [0.3, 0.4) is 0 Å². The van der Waals surface area contributed by atoms with Crippen LogP contribution in [-0.4, -0.2) is 70.1 Å². The van der Waals surface area contributed by atoms with Crippen molar-refractivity contribution < 1.29 is 29.0 Å². The van der Waals surface area contributed by atoms with Gasteiger partial charge in [0.2, 0.25) is 17.7 Å². The molecule has 5 atom stereocenters. The second-order valence-corrected chi connectivity index (χ2v) is 13.8. The van der Waals surface area contributed by atoms with Gasteiger partial charge in [-0.25, -0.2) is 14.8 Å². The van der Waals surface area contributed by atoms with Gasteiger partial charge in [-0.1, -0.05) is 12.2 Å². The Morgan fingerprint density at radius 2 is 1.96 bits per heavy atom. The molecule has 3 aromatic rings. The van der Waals surface area contributed by atoms with Crippen LogP contribution in [0.5, 0.6) is 11.6 Å². The van der Waals surface area contributed by atoms with Gasteiger partial charge in [0.05, 0.1) is 24.6 Å². The first-order chi connectivity index (χ1) is 21.8. The Balaban J connectivity index is 1.20. The van der Waals surface area contributed by atoms with E-state index in [-0.39, 0.29) is 18.2 Å². The number of amides is 2. The quantitative estimate of drug-likeness (QED) is 0.357. The van der Waals surface area contributed by atoms with Crippen LogP contribution in [-0.2, 0) is 14.4 Å². The van der Waals surface area contributed by atoms with Crippen LogP contribution in [0.1, 0.15) is 63.0 Å². The number of carbonyl (C=O) groups is 3. The van der Waals surface area contributed by atoms with Crippen molar-refractivity contribution >= 4 is 39.9 Å². The number of carboxylic acids is 1. The summed E-state index contributed by atoms with van der Waals surface area (Å²) in [5, 5.41) is 17.5. The van der Waals surface area contributed by atoms with Crippen molar-refractivity contribution in [1.82, 2.24) is 20.2 Å². The number of thiazole rings is 1. The Morgan fingerprint density at radius 3 is 2.73 bits per heavy atom. The number of methoxy groups -OCH3 is 1. The Bertz CT molecular complexity index is 1680. The zero-order valence-corrected chi connectivity index (χ0v) is 26.3. The van der Waals surface area contributed by atoms with E-state index in [1.54, 1.807) is 30.4 Å². The number of ether oxygens (including phenoxy) is 2. The van der Waals surface area contributed by atoms with Gasteiger partial charge in [-0.05, 0) is 81.0 Å². The first-order valence-corrected chi connectivity index (χ1v) is 16.7. The predicted octanol–water partition coefficient (Wildman–Crippen LogP) is 5.18. The maximum Gasteiger partial charge on any atom is 0.330 e. The van der Waals surface area contributed by atoms with Crippen LogP contribution in [0.2, 0.25) is 0 Å². The highest BCUT2D eigenvalue weighted by molar-refractivity contribution is 7.13. The van der Waals surface area contributed by atoms with Crippen LogP contribution in [0.15, 0.2) is 41.8 Å². The minimum Gasteiger partial charge on any atom is -0.497 e. The van der Waals surface area contributed by atoms with Crippen molar-refractivity contribution in [3.05, 3.63) is 47.5 Å². The number of fused-ring (bicyclic) bond motifs is 3. The molecule has 4 aliphatic rings. The second kappa shape index (κ2) is 11.7. The molecule has 3 saturated carbocycles. The molecule has 7 rings (SSSR count). The summed E-state index contributed by atoms with van der Waals surface area (Å²) in [6, 6.07) is 7.69. The van der Waals surface area contributed by atoms with Crippen LogP contribution in [0.25, 0.3) is 21.5 Å². The lowest BCUT2D eigenvalue weighted by Gasteiger charge is -2.26. The molecule has 11 heteroatoms. The summed E-state index contributed by atoms with van der Waals surface area (Å²) in [4.78, 5) is 51.3. The monoisotopic (exact) mass is 630 g/mol. The molecule has 3 aliphatic carbocycles. The number of carboxylic acid groups (broad SMARTS) is 1. The number of allylic oxidation sites excluding steroid dienone is 1. The molecule has 2 amide bonds. The summed E-state index contributed by atoms with van der Waals surface area (Å²) < 4.78 is 12.1. The van der Waals surface area contributed by atoms with Crippen molar-refractivity contribution in [2.75, 3.05) is 20.7 Å². The van der Waals surface area contributed by atoms with Crippen LogP contribution >= 0.6 is 11.3 Å². The number of benzene rings is 1. The Hall–Kier alpha value is -3.99. The molecule has 0 saturated heterocycles. The molecule has 45 heavy (non-hydrogen) atoms. The number of nitrogens with one attached hydrogen (secondary N) is 1. The van der Waals surface area contributed by atoms with E-state index in [1.165, 1.54) is 0 Å². The number of rotatable bonds is 6. The first-order valence-electron chi connectivity index (χ1n) is 15.8. The van der Waals surface area contributed by atoms with E-state index in [0.29, 0.717) is 42.6 Å². The minimum absolute atomic E-state index is 0.114. The van der Waals surface area contributed by atoms with Gasteiger partial charge in [0, 0.05) is 36.2 Å². The highest BCUT2D eigenvalue weighted by Gasteiger charge is 2.61. The van der Waals surface area contributed by atoms with E-state index in [0.717, 1.165) is 53.6 Å². The standard InChI is InChI=1S/C34H38N4O6S/c1-38-12-6-4-3-5-7-21-17-34(21,33(41)42)37-29(39)25-15-23(16-26(25)32(38)40)44-30-24-11-10-22(43-2)13-20(24)14-27(35-30)31-36-28(18-45-31)19-8-9-19/h5,7,10-11,13-14,18-19,21,23,25-26H,3-4,6,8-9,12,15-17H2,1-2H3,(H,37,39)(H,41,42)/b7-5+. The summed E-state index contributed by atoms with van der Waals surface area (Å²) in [6.45, 7) is 0.595. The second-order valence-electron chi connectivity index (χ2n) is 12.9. The number of aliphatic carboxylic acids is 1. The van der Waals surface area contributed by atoms with E-state index in [1.807, 2.05) is 36.4 Å². The van der Waals surface area contributed by atoms with Gasteiger partial charge in [0.1, 0.15) is 28.1 Å². The molecule has 3 heterocycles. The molecule has 236 valence electrons. The van der Waals surface area contributed by atoms with Crippen LogP contribution < -0.4 is 14.8 Å². The van der Waals surface area contributed by atoms with Gasteiger partial charge in [0.25, 0.3) is 0 Å². The fraction of sp³-hybridized carbons (Fsp3) is 0.500. The maximum absolute atomic E-state index is 13.8. The molecular weight excluding hydrogens is 592 g/mol. The number of hydrogen-bond donors (Lipinski definition) is 2. The molecule has 0 spiro atoms. The van der Waals surface area contributed by atoms with Gasteiger partial charge in [-0.15, -0.1) is 11.3 Å². The van der Waals surface area contributed by atoms with Crippen molar-refractivity contribution in [2.45, 2.75) is 68.9 Å². The van der Waals surface area contributed by atoms with Crippen molar-refractivity contribution in [3.8, 4) is 22.3 Å². The summed E-state index contributed by atoms with van der Waals surface area (Å²) in [5.41, 5.74) is 0.473. The highest BCUT2D eigenvalue weighted by Crippen LogP contribution is 2.47. The molecule has 2 aromatic heterocycles. The third-order valence-electron chi connectivity index (χ3n) is 9.79. The van der Waals surface area contributed by atoms with E-state index in [9.17, 15) is 19.5 Å². The molecule has 1 aliphatic heterocycles. The minimum atomic E-state index is -1.33. The van der Waals surface area contributed by atoms with Crippen LogP contribution in [0, 0.1) is 17.8 Å². The van der Waals surface area contributed by atoms with Gasteiger partial charge in [-0.3, -0.25) is 9.59 Å². The largest absolute Gasteiger partial charge is 0.497 e. The van der Waals surface area contributed by atoms with E-state index < -0.39 is 35.4 Å². The third kappa shape index (κ3) is 5.78. The molecular formula is C34H38N4O6S. The molecule has 2 N–H and O–H groups in total. The van der Waals surface area contributed by atoms with Crippen molar-refractivity contribution in [2.24, 2.45) is 17.8 Å². The smallest absolute Gasteiger partial charge is 0.330 e. The lowest BCUT2D eigenvalue weighted by molar-refractivity contribution is -0.145. The third-order valence-corrected chi connectivity index (χ3v) is 10.7. The highest BCUT2D eigenvalue weighted by atomic mass is 32.1. The molecule has 3 fully saturated rings. The van der Waals surface area contributed by atoms with Gasteiger partial charge < -0.3 is 24.8 Å². The number of pyridine rings is 1. The molecule has 10 nitrogen and oxygen atoms in total. The average Bonchev–Trinajstić information content (AvgIpc) is 3.90. The van der Waals surface area contributed by atoms with Crippen molar-refractivity contribution in [3.63, 3.8) is 0 Å². The number of carbonyl (C=O) groups excluding carboxylic acids is 2. The number of aromatic nitrogens is 2. The fourth-order valence-corrected chi connectivity index (χ4v) is 7.71. The maximum atomic E-state index is 13.8. The number of nitrogens with zero attached hydrogens (tertiary/aromatic N) is 3. The van der Waals surface area contributed by atoms with E-state index in [4.69, 9.17) is 19.4 Å². The van der Waals surface area contributed by atoms with Gasteiger partial charge in [0.15, 0.2) is 0 Å². The molecule has 1 aromatic carbocycles. The average molecular weight is 631 g/mol. The van der Waals surface area contributed by atoms with E-state index in [2.05, 4.69) is 10.7 Å². The van der Waals surface area contributed by atoms with E-state index >= 15 is 0 Å². The summed E-state index contributed by atoms with van der Waals surface area (Å²) >= 11 is 1.56. The van der Waals surface area contributed by atoms with Gasteiger partial charge in [-0.2, -0.15) is 0 Å². The Labute approximate surface area is 265 Å². The topological polar surface area (TPSA) is 131 Å². The van der Waals surface area contributed by atoms with Crippen LogP contribution in [0.4, 0.5) is 0 Å². The Kier molecular flexibility index (Phi) is 7.75. The fourth-order valence-electron chi connectivity index (χ4n) is 6.85. The molecule has 0 bridgehead atoms. The molecule has 0 radical (unpaired) electrons. The predicted molar refractivity (Wildman–Crippen MR) is 169 cm³/mol. The zero-order valence-electron chi connectivity index (χ0n) is 25.5. The van der Waals surface area contributed by atoms with Gasteiger partial charge >= 0.3 is 5.97 Å². The SMILES string of the molecule is COc1ccc2c(OC3CC4C(=O)NC5(C(=O)O)CC5/C=C/CCCCN(C)C(=O)C4C3)nc(-c3nc(C4CC4)cs3)cc2c1. The summed E-state index contributed by atoms with van der Waals surface area (Å²) in [6.07, 6.45) is 9.26. The molecule has 5 unspecified atom stereocenters. The Morgan fingerprint density at radius 1 is 1.13 bits per heavy atom. The lowest BCUT2D eigenvalue weighted by Crippen LogP contribution is -2.49. The first kappa shape index (κ1) is 29.7.